The Morgan fingerprint density at radius 3 is 2.00 bits per heavy atom. The van der Waals surface area contributed by atoms with E-state index in [2.05, 4.69) is 5.32 Å². The highest BCUT2D eigenvalue weighted by molar-refractivity contribution is 7.92. The normalized spacial score (nSPS) is 11.0. The standard InChI is InChI=1S/C28H25FN2O4S/c29-24-15-11-23(12-16-24)21-35-26-17-13-22(14-18-26)19-30-28(32)20-31(25-7-3-1-4-8-25)36(33,34)27-9-5-2-6-10-27/h1-18H,19-21H2,(H,30,32). The van der Waals surface area contributed by atoms with Crippen molar-refractivity contribution in [2.75, 3.05) is 10.8 Å². The van der Waals surface area contributed by atoms with Crippen molar-refractivity contribution in [2.45, 2.75) is 18.0 Å². The van der Waals surface area contributed by atoms with Crippen molar-refractivity contribution in [3.05, 3.63) is 126 Å². The first-order chi connectivity index (χ1) is 17.4. The molecule has 4 rings (SSSR count). The van der Waals surface area contributed by atoms with E-state index >= 15 is 0 Å². The van der Waals surface area contributed by atoms with Crippen LogP contribution in [0.1, 0.15) is 11.1 Å². The van der Waals surface area contributed by atoms with Gasteiger partial charge >= 0.3 is 0 Å². The molecule has 0 aliphatic heterocycles. The summed E-state index contributed by atoms with van der Waals surface area (Å²) >= 11 is 0. The average molecular weight is 505 g/mol. The molecule has 0 saturated heterocycles. The zero-order valence-electron chi connectivity index (χ0n) is 19.4. The average Bonchev–Trinajstić information content (AvgIpc) is 2.92. The molecule has 0 aliphatic carbocycles. The summed E-state index contributed by atoms with van der Waals surface area (Å²) in [6.45, 7) is 0.173. The Bertz CT molecular complexity index is 1380. The Kier molecular flexibility index (Phi) is 7.97. The van der Waals surface area contributed by atoms with Crippen LogP contribution in [0.15, 0.2) is 114 Å². The molecule has 8 heteroatoms. The zero-order valence-corrected chi connectivity index (χ0v) is 20.2. The first kappa shape index (κ1) is 24.9. The third-order valence-electron chi connectivity index (χ3n) is 5.39. The van der Waals surface area contributed by atoms with Crippen LogP contribution in [0, 0.1) is 5.82 Å². The van der Waals surface area contributed by atoms with Crippen LogP contribution in [0.3, 0.4) is 0 Å². The molecule has 0 fully saturated rings. The van der Waals surface area contributed by atoms with E-state index in [0.717, 1.165) is 15.4 Å². The maximum absolute atomic E-state index is 13.3. The Morgan fingerprint density at radius 1 is 0.778 bits per heavy atom. The number of carbonyl (C=O) groups is 1. The monoisotopic (exact) mass is 504 g/mol. The van der Waals surface area contributed by atoms with Crippen LogP contribution < -0.4 is 14.4 Å². The molecular formula is C28H25FN2O4S. The van der Waals surface area contributed by atoms with Crippen LogP contribution in [0.2, 0.25) is 0 Å². The molecule has 6 nitrogen and oxygen atoms in total. The van der Waals surface area contributed by atoms with Crippen LogP contribution in [0.5, 0.6) is 5.75 Å². The molecule has 36 heavy (non-hydrogen) atoms. The van der Waals surface area contributed by atoms with Gasteiger partial charge in [0.2, 0.25) is 5.91 Å². The Balaban J connectivity index is 1.37. The lowest BCUT2D eigenvalue weighted by atomic mass is 10.2. The van der Waals surface area contributed by atoms with Gasteiger partial charge in [-0.15, -0.1) is 0 Å². The van der Waals surface area contributed by atoms with E-state index in [9.17, 15) is 17.6 Å². The summed E-state index contributed by atoms with van der Waals surface area (Å²) in [6, 6.07) is 29.8. The molecule has 0 heterocycles. The fourth-order valence-electron chi connectivity index (χ4n) is 3.47. The number of ether oxygens (including phenoxy) is 1. The SMILES string of the molecule is O=C(CN(c1ccccc1)S(=O)(=O)c1ccccc1)NCc1ccc(OCc2ccc(F)cc2)cc1. The summed E-state index contributed by atoms with van der Waals surface area (Å²) in [5.74, 6) is -0.0942. The van der Waals surface area contributed by atoms with Crippen molar-refractivity contribution in [1.82, 2.24) is 5.32 Å². The van der Waals surface area contributed by atoms with Gasteiger partial charge in [0.15, 0.2) is 0 Å². The maximum Gasteiger partial charge on any atom is 0.264 e. The summed E-state index contributed by atoms with van der Waals surface area (Å²) in [6.07, 6.45) is 0. The lowest BCUT2D eigenvalue weighted by molar-refractivity contribution is -0.119. The number of nitrogens with zero attached hydrogens (tertiary/aromatic N) is 1. The molecular weight excluding hydrogens is 479 g/mol. The van der Waals surface area contributed by atoms with Crippen molar-refractivity contribution < 1.29 is 22.3 Å². The molecule has 184 valence electrons. The molecule has 0 atom stereocenters. The second kappa shape index (κ2) is 11.5. The smallest absolute Gasteiger partial charge is 0.264 e. The van der Waals surface area contributed by atoms with Gasteiger partial charge in [-0.2, -0.15) is 0 Å². The quantitative estimate of drug-likeness (QED) is 0.333. The summed E-state index contributed by atoms with van der Waals surface area (Å²) in [4.78, 5) is 12.9. The van der Waals surface area contributed by atoms with Crippen LogP contribution in [-0.4, -0.2) is 20.9 Å². The minimum atomic E-state index is -3.93. The first-order valence-corrected chi connectivity index (χ1v) is 12.7. The Morgan fingerprint density at radius 2 is 1.36 bits per heavy atom. The molecule has 0 aromatic heterocycles. The van der Waals surface area contributed by atoms with Crippen LogP contribution in [0.4, 0.5) is 10.1 Å². The minimum Gasteiger partial charge on any atom is -0.489 e. The van der Waals surface area contributed by atoms with Gasteiger partial charge in [-0.25, -0.2) is 12.8 Å². The van der Waals surface area contributed by atoms with Gasteiger partial charge in [0.05, 0.1) is 10.6 Å². The number of halogens is 1. The van der Waals surface area contributed by atoms with Gasteiger partial charge in [-0.05, 0) is 59.7 Å². The van der Waals surface area contributed by atoms with Gasteiger partial charge in [0, 0.05) is 6.54 Å². The molecule has 0 spiro atoms. The minimum absolute atomic E-state index is 0.109. The summed E-state index contributed by atoms with van der Waals surface area (Å²) in [5.41, 5.74) is 2.08. The number of nitrogens with one attached hydrogen (secondary N) is 1. The number of anilines is 1. The van der Waals surface area contributed by atoms with Gasteiger partial charge in [0.1, 0.15) is 24.7 Å². The molecule has 0 unspecified atom stereocenters. The van der Waals surface area contributed by atoms with Gasteiger partial charge in [0.25, 0.3) is 10.0 Å². The van der Waals surface area contributed by atoms with Crippen LogP contribution in [-0.2, 0) is 28.0 Å². The molecule has 0 saturated carbocycles. The Hall–Kier alpha value is -4.17. The molecule has 4 aromatic rings. The topological polar surface area (TPSA) is 75.7 Å². The second-order valence-electron chi connectivity index (χ2n) is 8.00. The Labute approximate surface area is 210 Å². The predicted molar refractivity (Wildman–Crippen MR) is 136 cm³/mol. The number of carbonyl (C=O) groups excluding carboxylic acids is 1. The highest BCUT2D eigenvalue weighted by atomic mass is 32.2. The van der Waals surface area contributed by atoms with Crippen LogP contribution in [0.25, 0.3) is 0 Å². The van der Waals surface area contributed by atoms with Crippen molar-refractivity contribution in [1.29, 1.82) is 0 Å². The summed E-state index contributed by atoms with van der Waals surface area (Å²) in [5, 5.41) is 2.78. The highest BCUT2D eigenvalue weighted by Gasteiger charge is 2.26. The van der Waals surface area contributed by atoms with Crippen LogP contribution >= 0.6 is 0 Å². The van der Waals surface area contributed by atoms with E-state index in [1.807, 2.05) is 12.1 Å². The lowest BCUT2D eigenvalue weighted by Gasteiger charge is -2.24. The number of sulfonamides is 1. The third kappa shape index (κ3) is 6.49. The second-order valence-corrected chi connectivity index (χ2v) is 9.86. The lowest BCUT2D eigenvalue weighted by Crippen LogP contribution is -2.40. The van der Waals surface area contributed by atoms with E-state index in [1.54, 1.807) is 72.8 Å². The highest BCUT2D eigenvalue weighted by Crippen LogP contribution is 2.23. The third-order valence-corrected chi connectivity index (χ3v) is 7.18. The number of hydrogen-bond donors (Lipinski definition) is 1. The number of rotatable bonds is 10. The van der Waals surface area contributed by atoms with E-state index in [1.165, 1.54) is 24.3 Å². The van der Waals surface area contributed by atoms with Crippen molar-refractivity contribution in [3.63, 3.8) is 0 Å². The van der Waals surface area contributed by atoms with E-state index in [-0.39, 0.29) is 23.8 Å². The van der Waals surface area contributed by atoms with Crippen molar-refractivity contribution in [2.24, 2.45) is 0 Å². The predicted octanol–water partition coefficient (Wildman–Crippen LogP) is 4.92. The molecule has 0 radical (unpaired) electrons. The van der Waals surface area contributed by atoms with Gasteiger partial charge < -0.3 is 10.1 Å². The number of benzene rings is 4. The molecule has 1 amide bonds. The number of amides is 1. The fraction of sp³-hybridized carbons (Fsp3) is 0.107. The molecule has 1 N–H and O–H groups in total. The molecule has 0 bridgehead atoms. The first-order valence-electron chi connectivity index (χ1n) is 11.3. The fourth-order valence-corrected chi connectivity index (χ4v) is 4.91. The largest absolute Gasteiger partial charge is 0.489 e. The summed E-state index contributed by atoms with van der Waals surface area (Å²) < 4.78 is 46.4. The van der Waals surface area contributed by atoms with Gasteiger partial charge in [-0.3, -0.25) is 9.10 Å². The van der Waals surface area contributed by atoms with Gasteiger partial charge in [-0.1, -0.05) is 60.7 Å². The number of para-hydroxylation sites is 1. The van der Waals surface area contributed by atoms with Crippen molar-refractivity contribution in [3.8, 4) is 5.75 Å². The zero-order chi connectivity index (χ0) is 25.4. The maximum atomic E-state index is 13.3. The van der Waals surface area contributed by atoms with E-state index < -0.39 is 15.9 Å². The van der Waals surface area contributed by atoms with Crippen molar-refractivity contribution >= 4 is 21.6 Å². The number of hydrogen-bond acceptors (Lipinski definition) is 4. The summed E-state index contributed by atoms with van der Waals surface area (Å²) in [7, 11) is -3.93. The van der Waals surface area contributed by atoms with E-state index in [0.29, 0.717) is 18.0 Å². The van der Waals surface area contributed by atoms with E-state index in [4.69, 9.17) is 4.74 Å². The molecule has 0 aliphatic rings. The molecule has 4 aromatic carbocycles.